The second-order valence-corrected chi connectivity index (χ2v) is 4.05. The Kier molecular flexibility index (Phi) is 2.84. The number of hydrogen-bond acceptors (Lipinski definition) is 2. The number of rotatable bonds is 1. The Balaban J connectivity index is 3.21. The molecule has 0 amide bonds. The van der Waals surface area contributed by atoms with Crippen LogP contribution >= 0.6 is 27.7 Å². The molecular formula is C8H10BrNS. The smallest absolute Gasteiger partial charge is 0.0455 e. The predicted molar refractivity (Wildman–Crippen MR) is 55.1 cm³/mol. The lowest BCUT2D eigenvalue weighted by atomic mass is 10.2. The van der Waals surface area contributed by atoms with Gasteiger partial charge in [0.15, 0.2) is 0 Å². The molecule has 60 valence electrons. The zero-order chi connectivity index (χ0) is 8.43. The summed E-state index contributed by atoms with van der Waals surface area (Å²) in [7, 11) is 0. The van der Waals surface area contributed by atoms with Crippen LogP contribution in [-0.2, 0) is 0 Å². The molecular weight excluding hydrogens is 222 g/mol. The summed E-state index contributed by atoms with van der Waals surface area (Å²) >= 11 is 5.12. The van der Waals surface area contributed by atoms with Crippen molar-refractivity contribution in [3.05, 3.63) is 22.2 Å². The van der Waals surface area contributed by atoms with Gasteiger partial charge in [-0.1, -0.05) is 15.9 Å². The van der Waals surface area contributed by atoms with Gasteiger partial charge in [-0.3, -0.25) is 0 Å². The van der Waals surface area contributed by atoms with Crippen molar-refractivity contribution in [1.82, 2.24) is 0 Å². The normalized spacial score (nSPS) is 10.1. The van der Waals surface area contributed by atoms with Gasteiger partial charge in [0, 0.05) is 15.1 Å². The first-order valence-electron chi connectivity index (χ1n) is 3.24. The number of thioether (sulfide) groups is 1. The molecule has 0 bridgehead atoms. The van der Waals surface area contributed by atoms with Crippen LogP contribution in [0, 0.1) is 6.92 Å². The molecule has 0 saturated heterocycles. The maximum absolute atomic E-state index is 5.76. The minimum absolute atomic E-state index is 0.859. The Morgan fingerprint density at radius 1 is 1.45 bits per heavy atom. The Morgan fingerprint density at radius 3 is 2.64 bits per heavy atom. The first-order valence-corrected chi connectivity index (χ1v) is 5.26. The molecule has 0 aliphatic carbocycles. The number of nitrogens with two attached hydrogens (primary N) is 1. The highest BCUT2D eigenvalue weighted by molar-refractivity contribution is 9.10. The zero-order valence-electron chi connectivity index (χ0n) is 6.52. The highest BCUT2D eigenvalue weighted by Crippen LogP contribution is 2.28. The van der Waals surface area contributed by atoms with Gasteiger partial charge in [-0.25, -0.2) is 0 Å². The van der Waals surface area contributed by atoms with E-state index in [1.807, 2.05) is 19.2 Å². The van der Waals surface area contributed by atoms with Crippen LogP contribution in [0.4, 0.5) is 5.69 Å². The second kappa shape index (κ2) is 3.50. The topological polar surface area (TPSA) is 26.0 Å². The highest BCUT2D eigenvalue weighted by Gasteiger charge is 2.00. The van der Waals surface area contributed by atoms with Gasteiger partial charge in [-0.05, 0) is 30.9 Å². The van der Waals surface area contributed by atoms with E-state index in [0.29, 0.717) is 0 Å². The number of aryl methyl sites for hydroxylation is 1. The van der Waals surface area contributed by atoms with E-state index in [-0.39, 0.29) is 0 Å². The van der Waals surface area contributed by atoms with Crippen LogP contribution in [0.25, 0.3) is 0 Å². The van der Waals surface area contributed by atoms with E-state index in [1.54, 1.807) is 11.8 Å². The van der Waals surface area contributed by atoms with E-state index >= 15 is 0 Å². The Labute approximate surface area is 79.5 Å². The van der Waals surface area contributed by atoms with Crippen molar-refractivity contribution in [1.29, 1.82) is 0 Å². The van der Waals surface area contributed by atoms with Crippen LogP contribution in [0.1, 0.15) is 5.56 Å². The summed E-state index contributed by atoms with van der Waals surface area (Å²) in [6.45, 7) is 2.03. The predicted octanol–water partition coefficient (Wildman–Crippen LogP) is 3.06. The Morgan fingerprint density at radius 2 is 2.09 bits per heavy atom. The lowest BCUT2D eigenvalue weighted by Gasteiger charge is -2.04. The van der Waals surface area contributed by atoms with Crippen molar-refractivity contribution >= 4 is 33.4 Å². The van der Waals surface area contributed by atoms with Gasteiger partial charge in [0.1, 0.15) is 0 Å². The number of anilines is 1. The van der Waals surface area contributed by atoms with Crippen molar-refractivity contribution in [2.75, 3.05) is 12.0 Å². The highest BCUT2D eigenvalue weighted by atomic mass is 79.9. The molecule has 1 rings (SSSR count). The van der Waals surface area contributed by atoms with Crippen molar-refractivity contribution in [3.63, 3.8) is 0 Å². The van der Waals surface area contributed by atoms with Gasteiger partial charge in [0.2, 0.25) is 0 Å². The fourth-order valence-corrected chi connectivity index (χ4v) is 1.89. The first kappa shape index (κ1) is 8.94. The molecule has 1 aromatic rings. The fourth-order valence-electron chi connectivity index (χ4n) is 0.862. The summed E-state index contributed by atoms with van der Waals surface area (Å²) in [6.07, 6.45) is 2.02. The van der Waals surface area contributed by atoms with Crippen LogP contribution < -0.4 is 5.73 Å². The van der Waals surface area contributed by atoms with E-state index in [1.165, 1.54) is 5.56 Å². The summed E-state index contributed by atoms with van der Waals surface area (Å²) in [5, 5.41) is 0. The quantitative estimate of drug-likeness (QED) is 0.594. The molecule has 0 atom stereocenters. The molecule has 11 heavy (non-hydrogen) atoms. The third-order valence-electron chi connectivity index (χ3n) is 1.51. The molecule has 0 aromatic heterocycles. The van der Waals surface area contributed by atoms with Gasteiger partial charge in [0.05, 0.1) is 0 Å². The summed E-state index contributed by atoms with van der Waals surface area (Å²) in [5.74, 6) is 0. The van der Waals surface area contributed by atoms with Crippen LogP contribution in [-0.4, -0.2) is 6.26 Å². The Bertz CT molecular complexity index is 273. The van der Waals surface area contributed by atoms with Crippen LogP contribution in [0.5, 0.6) is 0 Å². The molecule has 0 aliphatic rings. The average molecular weight is 232 g/mol. The van der Waals surface area contributed by atoms with Crippen molar-refractivity contribution < 1.29 is 0 Å². The summed E-state index contributed by atoms with van der Waals surface area (Å²) in [6, 6.07) is 4.03. The molecule has 0 heterocycles. The zero-order valence-corrected chi connectivity index (χ0v) is 8.92. The minimum Gasteiger partial charge on any atom is -0.398 e. The SMILES string of the molecule is CSc1cc(Br)c(C)cc1N. The maximum atomic E-state index is 5.76. The standard InChI is InChI=1S/C8H10BrNS/c1-5-3-7(10)8(11-2)4-6(5)9/h3-4H,10H2,1-2H3. The molecule has 2 N–H and O–H groups in total. The fraction of sp³-hybridized carbons (Fsp3) is 0.250. The summed E-state index contributed by atoms with van der Waals surface area (Å²) in [5.41, 5.74) is 7.80. The molecule has 0 unspecified atom stereocenters. The number of nitrogen functional groups attached to an aromatic ring is 1. The summed E-state index contributed by atoms with van der Waals surface area (Å²) < 4.78 is 1.12. The third kappa shape index (κ3) is 1.91. The average Bonchev–Trinajstić information content (AvgIpc) is 1.97. The molecule has 0 radical (unpaired) electrons. The van der Waals surface area contributed by atoms with E-state index in [0.717, 1.165) is 15.1 Å². The number of halogens is 1. The summed E-state index contributed by atoms with van der Waals surface area (Å²) in [4.78, 5) is 1.13. The van der Waals surface area contributed by atoms with E-state index in [4.69, 9.17) is 5.73 Å². The number of benzene rings is 1. The van der Waals surface area contributed by atoms with Crippen molar-refractivity contribution in [3.8, 4) is 0 Å². The molecule has 1 nitrogen and oxygen atoms in total. The van der Waals surface area contributed by atoms with Gasteiger partial charge in [0.25, 0.3) is 0 Å². The molecule has 0 aliphatic heterocycles. The molecule has 0 saturated carbocycles. The molecule has 1 aromatic carbocycles. The lowest BCUT2D eigenvalue weighted by Crippen LogP contribution is -1.89. The second-order valence-electron chi connectivity index (χ2n) is 2.34. The molecule has 0 fully saturated rings. The first-order chi connectivity index (χ1) is 5.15. The molecule has 0 spiro atoms. The lowest BCUT2D eigenvalue weighted by molar-refractivity contribution is 1.35. The van der Waals surface area contributed by atoms with Crippen LogP contribution in [0.3, 0.4) is 0 Å². The third-order valence-corrected chi connectivity index (χ3v) is 3.16. The van der Waals surface area contributed by atoms with Gasteiger partial charge >= 0.3 is 0 Å². The maximum Gasteiger partial charge on any atom is 0.0455 e. The number of hydrogen-bond donors (Lipinski definition) is 1. The van der Waals surface area contributed by atoms with Gasteiger partial charge in [-0.15, -0.1) is 11.8 Å². The van der Waals surface area contributed by atoms with E-state index in [9.17, 15) is 0 Å². The molecule has 3 heteroatoms. The largest absolute Gasteiger partial charge is 0.398 e. The van der Waals surface area contributed by atoms with E-state index < -0.39 is 0 Å². The van der Waals surface area contributed by atoms with Crippen molar-refractivity contribution in [2.24, 2.45) is 0 Å². The monoisotopic (exact) mass is 231 g/mol. The van der Waals surface area contributed by atoms with Gasteiger partial charge in [-0.2, -0.15) is 0 Å². The van der Waals surface area contributed by atoms with E-state index in [2.05, 4.69) is 22.0 Å². The minimum atomic E-state index is 0.859. The van der Waals surface area contributed by atoms with Gasteiger partial charge < -0.3 is 5.73 Å². The van der Waals surface area contributed by atoms with Crippen LogP contribution in [0.15, 0.2) is 21.5 Å². The van der Waals surface area contributed by atoms with Crippen molar-refractivity contribution in [2.45, 2.75) is 11.8 Å². The van der Waals surface area contributed by atoms with Crippen LogP contribution in [0.2, 0.25) is 0 Å². The Hall–Kier alpha value is -0.150.